The van der Waals surface area contributed by atoms with Crippen LogP contribution in [0.4, 0.5) is 11.4 Å². The number of hydrogen-bond acceptors (Lipinski definition) is 6. The van der Waals surface area contributed by atoms with Crippen LogP contribution in [-0.2, 0) is 33.1 Å². The maximum absolute atomic E-state index is 14.1. The Kier molecular flexibility index (Phi) is 6.75. The van der Waals surface area contributed by atoms with E-state index in [0.29, 0.717) is 55.2 Å². The Balaban J connectivity index is 1.28. The Morgan fingerprint density at radius 2 is 1.68 bits per heavy atom. The largest absolute Gasteiger partial charge is 0.477 e. The van der Waals surface area contributed by atoms with Crippen LogP contribution >= 0.6 is 0 Å². The number of carbonyl (C=O) groups is 1. The van der Waals surface area contributed by atoms with Crippen LogP contribution in [0, 0.1) is 0 Å². The van der Waals surface area contributed by atoms with E-state index in [1.165, 1.54) is 0 Å². The zero-order valence-electron chi connectivity index (χ0n) is 22.1. The summed E-state index contributed by atoms with van der Waals surface area (Å²) in [6.45, 7) is 2.40. The van der Waals surface area contributed by atoms with Gasteiger partial charge < -0.3 is 10.1 Å². The average molecular weight is 555 g/mol. The highest BCUT2D eigenvalue weighted by atomic mass is 32.2. The van der Waals surface area contributed by atoms with Crippen molar-refractivity contribution in [3.8, 4) is 17.1 Å². The van der Waals surface area contributed by atoms with Crippen molar-refractivity contribution < 1.29 is 17.9 Å². The molecule has 1 heterocycles. The molecule has 0 spiro atoms. The number of anilines is 2. The van der Waals surface area contributed by atoms with Gasteiger partial charge in [0.05, 0.1) is 35.4 Å². The molecule has 2 aliphatic rings. The van der Waals surface area contributed by atoms with Gasteiger partial charge >= 0.3 is 0 Å². The Labute approximate surface area is 233 Å². The van der Waals surface area contributed by atoms with Crippen LogP contribution < -0.4 is 14.8 Å². The summed E-state index contributed by atoms with van der Waals surface area (Å²) in [5.74, 6) is 0.318. The highest BCUT2D eigenvalue weighted by Gasteiger charge is 2.45. The lowest BCUT2D eigenvalue weighted by Crippen LogP contribution is -2.41. The van der Waals surface area contributed by atoms with Crippen LogP contribution in [0.15, 0.2) is 85.2 Å². The topological polar surface area (TPSA) is 110 Å². The van der Waals surface area contributed by atoms with Gasteiger partial charge in [-0.25, -0.2) is 13.4 Å². The molecule has 204 valence electrons. The van der Waals surface area contributed by atoms with Crippen molar-refractivity contribution in [3.05, 3.63) is 102 Å². The Morgan fingerprint density at radius 3 is 2.35 bits per heavy atom. The molecule has 2 aliphatic carbocycles. The molecule has 4 aromatic rings. The maximum Gasteiger partial charge on any atom is 0.235 e. The summed E-state index contributed by atoms with van der Waals surface area (Å²) in [5.41, 5.74) is 4.78. The molecule has 0 saturated heterocycles. The number of amides is 1. The standard InChI is InChI=1S/C31H30N4O4S/c1-2-39-29-20-32-19-28(34-29)21-10-12-25(13-11-21)33-30(36)31(17-22-6-3-4-7-23(22)18-31)24-8-5-9-26(16-24)35-40(37,38)27-14-15-27/h3-13,16,19-20,27,35H,2,14-15,17-18H2,1H3,(H,33,36). The first-order chi connectivity index (χ1) is 19.4. The number of nitrogens with one attached hydrogen (secondary N) is 2. The number of hydrogen-bond donors (Lipinski definition) is 2. The highest BCUT2D eigenvalue weighted by molar-refractivity contribution is 7.93. The molecule has 0 unspecified atom stereocenters. The van der Waals surface area contributed by atoms with E-state index in [0.717, 1.165) is 22.3 Å². The first kappa shape index (κ1) is 26.0. The van der Waals surface area contributed by atoms with E-state index in [2.05, 4.69) is 32.1 Å². The Hall–Kier alpha value is -4.24. The van der Waals surface area contributed by atoms with Gasteiger partial charge in [-0.3, -0.25) is 14.5 Å². The molecule has 1 aromatic heterocycles. The maximum atomic E-state index is 14.1. The van der Waals surface area contributed by atoms with Crippen LogP contribution in [0.3, 0.4) is 0 Å². The fraction of sp³-hybridized carbons (Fsp3) is 0.258. The number of carbonyl (C=O) groups excluding carboxylic acids is 1. The minimum atomic E-state index is -3.42. The third-order valence-corrected chi connectivity index (χ3v) is 9.39. The molecule has 1 saturated carbocycles. The Morgan fingerprint density at radius 1 is 0.950 bits per heavy atom. The zero-order valence-corrected chi connectivity index (χ0v) is 22.9. The van der Waals surface area contributed by atoms with Crippen molar-refractivity contribution in [2.75, 3.05) is 16.6 Å². The number of fused-ring (bicyclic) bond motifs is 1. The van der Waals surface area contributed by atoms with E-state index >= 15 is 0 Å². The molecule has 40 heavy (non-hydrogen) atoms. The van der Waals surface area contributed by atoms with Gasteiger partial charge in [-0.1, -0.05) is 48.5 Å². The van der Waals surface area contributed by atoms with Gasteiger partial charge in [-0.05, 0) is 73.6 Å². The summed E-state index contributed by atoms with van der Waals surface area (Å²) >= 11 is 0. The molecule has 8 nitrogen and oxygen atoms in total. The molecule has 6 rings (SSSR count). The Bertz CT molecular complexity index is 1640. The molecule has 0 bridgehead atoms. The van der Waals surface area contributed by atoms with E-state index in [9.17, 15) is 13.2 Å². The van der Waals surface area contributed by atoms with Gasteiger partial charge in [0.1, 0.15) is 0 Å². The van der Waals surface area contributed by atoms with Crippen molar-refractivity contribution in [1.29, 1.82) is 0 Å². The summed E-state index contributed by atoms with van der Waals surface area (Å²) in [7, 11) is -3.42. The van der Waals surface area contributed by atoms with E-state index in [4.69, 9.17) is 4.74 Å². The normalized spacial score (nSPS) is 15.7. The van der Waals surface area contributed by atoms with Gasteiger partial charge in [0.2, 0.25) is 21.8 Å². The van der Waals surface area contributed by atoms with Crippen LogP contribution in [0.25, 0.3) is 11.3 Å². The summed E-state index contributed by atoms with van der Waals surface area (Å²) < 4.78 is 33.4. The lowest BCUT2D eigenvalue weighted by molar-refractivity contribution is -0.121. The molecule has 0 atom stereocenters. The molecule has 2 N–H and O–H groups in total. The van der Waals surface area contributed by atoms with Gasteiger partial charge in [0.25, 0.3) is 0 Å². The minimum Gasteiger partial charge on any atom is -0.477 e. The first-order valence-corrected chi connectivity index (χ1v) is 15.0. The van der Waals surface area contributed by atoms with E-state index in [1.54, 1.807) is 24.5 Å². The molecule has 1 fully saturated rings. The van der Waals surface area contributed by atoms with Crippen LogP contribution in [0.5, 0.6) is 5.88 Å². The highest BCUT2D eigenvalue weighted by Crippen LogP contribution is 2.42. The van der Waals surface area contributed by atoms with E-state index in [1.807, 2.05) is 55.5 Å². The van der Waals surface area contributed by atoms with Crippen molar-refractivity contribution in [2.45, 2.75) is 43.3 Å². The van der Waals surface area contributed by atoms with Gasteiger partial charge in [0, 0.05) is 16.9 Å². The lowest BCUT2D eigenvalue weighted by Gasteiger charge is -2.29. The van der Waals surface area contributed by atoms with Crippen LogP contribution in [0.2, 0.25) is 0 Å². The number of aromatic nitrogens is 2. The number of ether oxygens (including phenoxy) is 1. The molecular weight excluding hydrogens is 524 g/mol. The van der Waals surface area contributed by atoms with Crippen LogP contribution in [0.1, 0.15) is 36.5 Å². The summed E-state index contributed by atoms with van der Waals surface area (Å²) in [4.78, 5) is 22.8. The van der Waals surface area contributed by atoms with Gasteiger partial charge in [-0.2, -0.15) is 0 Å². The van der Waals surface area contributed by atoms with E-state index in [-0.39, 0.29) is 11.2 Å². The van der Waals surface area contributed by atoms with Crippen molar-refractivity contribution >= 4 is 27.3 Å². The van der Waals surface area contributed by atoms with Gasteiger partial charge in [-0.15, -0.1) is 0 Å². The molecule has 3 aromatic carbocycles. The molecule has 0 radical (unpaired) electrons. The zero-order chi connectivity index (χ0) is 27.7. The predicted molar refractivity (Wildman–Crippen MR) is 155 cm³/mol. The van der Waals surface area contributed by atoms with E-state index < -0.39 is 15.4 Å². The summed E-state index contributed by atoms with van der Waals surface area (Å²) in [6, 6.07) is 22.8. The molecule has 0 aliphatic heterocycles. The van der Waals surface area contributed by atoms with Gasteiger partial charge in [0.15, 0.2) is 0 Å². The number of sulfonamides is 1. The van der Waals surface area contributed by atoms with Crippen molar-refractivity contribution in [1.82, 2.24) is 9.97 Å². The van der Waals surface area contributed by atoms with Crippen molar-refractivity contribution in [2.24, 2.45) is 0 Å². The fourth-order valence-electron chi connectivity index (χ4n) is 5.30. The number of rotatable bonds is 9. The summed E-state index contributed by atoms with van der Waals surface area (Å²) in [5, 5.41) is 2.79. The number of nitrogens with zero attached hydrogens (tertiary/aromatic N) is 2. The second-order valence-corrected chi connectivity index (χ2v) is 12.3. The fourth-order valence-corrected chi connectivity index (χ4v) is 6.68. The van der Waals surface area contributed by atoms with Crippen molar-refractivity contribution in [3.63, 3.8) is 0 Å². The number of benzene rings is 3. The average Bonchev–Trinajstić information content (AvgIpc) is 3.75. The molecule has 9 heteroatoms. The first-order valence-electron chi connectivity index (χ1n) is 13.4. The quantitative estimate of drug-likeness (QED) is 0.297. The monoisotopic (exact) mass is 554 g/mol. The predicted octanol–water partition coefficient (Wildman–Crippen LogP) is 5.12. The third kappa shape index (κ3) is 5.16. The minimum absolute atomic E-state index is 0.142. The second kappa shape index (κ2) is 10.4. The lowest BCUT2D eigenvalue weighted by atomic mass is 9.76. The second-order valence-electron chi connectivity index (χ2n) is 10.3. The molecule has 1 amide bonds. The summed E-state index contributed by atoms with van der Waals surface area (Å²) in [6.07, 6.45) is 5.65. The SMILES string of the molecule is CCOc1cncc(-c2ccc(NC(=O)C3(c4cccc(NS(=O)(=O)C5CC5)c4)Cc4ccccc4C3)cc2)n1. The molecular formula is C31H30N4O4S. The third-order valence-electron chi connectivity index (χ3n) is 7.52. The van der Waals surface area contributed by atoms with Crippen LogP contribution in [-0.4, -0.2) is 36.1 Å². The smallest absolute Gasteiger partial charge is 0.235 e.